The van der Waals surface area contributed by atoms with E-state index in [9.17, 15) is 9.50 Å². The van der Waals surface area contributed by atoms with E-state index in [1.807, 2.05) is 19.1 Å². The van der Waals surface area contributed by atoms with Crippen LogP contribution in [0.3, 0.4) is 0 Å². The van der Waals surface area contributed by atoms with Crippen LogP contribution in [0.25, 0.3) is 0 Å². The molecule has 0 unspecified atom stereocenters. The fourth-order valence-electron chi connectivity index (χ4n) is 1.82. The van der Waals surface area contributed by atoms with Crippen LogP contribution < -0.4 is 4.74 Å². The normalized spacial score (nSPS) is 12.2. The number of rotatable bonds is 5. The van der Waals surface area contributed by atoms with Crippen molar-refractivity contribution in [3.63, 3.8) is 0 Å². The van der Waals surface area contributed by atoms with Crippen molar-refractivity contribution >= 4 is 15.9 Å². The van der Waals surface area contributed by atoms with Crippen LogP contribution in [0.1, 0.15) is 30.6 Å². The molecule has 106 valence electrons. The Morgan fingerprint density at radius 3 is 2.50 bits per heavy atom. The Bertz CT molecular complexity index is 569. The number of hydrogen-bond acceptors (Lipinski definition) is 2. The van der Waals surface area contributed by atoms with Gasteiger partial charge in [0.15, 0.2) is 0 Å². The van der Waals surface area contributed by atoms with Gasteiger partial charge in [0.1, 0.15) is 18.2 Å². The predicted molar refractivity (Wildman–Crippen MR) is 80.1 cm³/mol. The molecule has 0 fully saturated rings. The summed E-state index contributed by atoms with van der Waals surface area (Å²) in [5, 5.41) is 9.70. The molecule has 4 heteroatoms. The fraction of sp³-hybridized carbons (Fsp3) is 0.250. The highest BCUT2D eigenvalue weighted by Crippen LogP contribution is 2.21. The molecule has 2 aromatic rings. The van der Waals surface area contributed by atoms with Crippen molar-refractivity contribution in [3.8, 4) is 5.75 Å². The van der Waals surface area contributed by atoms with Gasteiger partial charge in [0, 0.05) is 10.0 Å². The summed E-state index contributed by atoms with van der Waals surface area (Å²) in [5.74, 6) is 0.358. The molecule has 1 N–H and O–H groups in total. The van der Waals surface area contributed by atoms with Crippen molar-refractivity contribution in [2.45, 2.75) is 26.1 Å². The van der Waals surface area contributed by atoms with Gasteiger partial charge in [-0.25, -0.2) is 4.39 Å². The van der Waals surface area contributed by atoms with E-state index >= 15 is 0 Å². The van der Waals surface area contributed by atoms with Crippen LogP contribution in [0.15, 0.2) is 46.9 Å². The molecule has 0 amide bonds. The summed E-state index contributed by atoms with van der Waals surface area (Å²) < 4.78 is 19.9. The molecule has 0 aromatic heterocycles. The highest BCUT2D eigenvalue weighted by Gasteiger charge is 2.06. The molecule has 2 rings (SSSR count). The molecule has 0 aliphatic heterocycles. The quantitative estimate of drug-likeness (QED) is 0.862. The lowest BCUT2D eigenvalue weighted by Gasteiger charge is -2.10. The smallest absolute Gasteiger partial charge is 0.130 e. The van der Waals surface area contributed by atoms with Gasteiger partial charge in [0.2, 0.25) is 0 Å². The van der Waals surface area contributed by atoms with E-state index in [2.05, 4.69) is 15.9 Å². The number of halogens is 2. The van der Waals surface area contributed by atoms with E-state index in [0.717, 1.165) is 5.56 Å². The third-order valence-electron chi connectivity index (χ3n) is 3.06. The van der Waals surface area contributed by atoms with Crippen LogP contribution in [0.4, 0.5) is 4.39 Å². The molecule has 2 nitrogen and oxygen atoms in total. The lowest BCUT2D eigenvalue weighted by atomic mass is 10.1. The van der Waals surface area contributed by atoms with Gasteiger partial charge in [0.05, 0.1) is 6.10 Å². The van der Waals surface area contributed by atoms with Crippen LogP contribution in [0.5, 0.6) is 5.75 Å². The molecule has 2 aromatic carbocycles. The number of benzene rings is 2. The van der Waals surface area contributed by atoms with Crippen LogP contribution in [0.2, 0.25) is 0 Å². The van der Waals surface area contributed by atoms with Crippen molar-refractivity contribution in [1.82, 2.24) is 0 Å². The van der Waals surface area contributed by atoms with E-state index in [1.54, 1.807) is 24.3 Å². The van der Waals surface area contributed by atoms with Crippen LogP contribution in [0, 0.1) is 5.82 Å². The minimum atomic E-state index is -0.451. The molecule has 0 heterocycles. The first-order chi connectivity index (χ1) is 9.60. The molecular weight excluding hydrogens is 323 g/mol. The third-order valence-corrected chi connectivity index (χ3v) is 3.55. The van der Waals surface area contributed by atoms with Gasteiger partial charge in [-0.3, -0.25) is 0 Å². The fourth-order valence-corrected chi connectivity index (χ4v) is 2.15. The SMILES string of the molecule is CC[C@@H](O)c1ccc(OCc2ccc(Br)cc2F)cc1. The van der Waals surface area contributed by atoms with Gasteiger partial charge in [-0.1, -0.05) is 41.1 Å². The first-order valence-corrected chi connectivity index (χ1v) is 7.24. The summed E-state index contributed by atoms with van der Waals surface area (Å²) in [4.78, 5) is 0. The van der Waals surface area contributed by atoms with Crippen molar-refractivity contribution < 1.29 is 14.2 Å². The molecule has 0 saturated heterocycles. The Morgan fingerprint density at radius 2 is 1.90 bits per heavy atom. The van der Waals surface area contributed by atoms with Crippen molar-refractivity contribution in [3.05, 3.63) is 63.9 Å². The van der Waals surface area contributed by atoms with E-state index in [-0.39, 0.29) is 12.4 Å². The van der Waals surface area contributed by atoms with Crippen molar-refractivity contribution in [2.24, 2.45) is 0 Å². The van der Waals surface area contributed by atoms with Gasteiger partial charge >= 0.3 is 0 Å². The van der Waals surface area contributed by atoms with E-state index in [1.165, 1.54) is 6.07 Å². The Hall–Kier alpha value is -1.39. The van der Waals surface area contributed by atoms with Crippen LogP contribution in [-0.4, -0.2) is 5.11 Å². The second-order valence-electron chi connectivity index (χ2n) is 4.52. The number of aliphatic hydroxyl groups excluding tert-OH is 1. The average molecular weight is 339 g/mol. The van der Waals surface area contributed by atoms with Crippen LogP contribution in [-0.2, 0) is 6.61 Å². The molecule has 0 saturated carbocycles. The van der Waals surface area contributed by atoms with E-state index in [4.69, 9.17) is 4.74 Å². The Morgan fingerprint density at radius 1 is 1.20 bits per heavy atom. The highest BCUT2D eigenvalue weighted by molar-refractivity contribution is 9.10. The zero-order chi connectivity index (χ0) is 14.5. The van der Waals surface area contributed by atoms with Gasteiger partial charge in [-0.15, -0.1) is 0 Å². The van der Waals surface area contributed by atoms with Crippen LogP contribution >= 0.6 is 15.9 Å². The molecule has 1 atom stereocenters. The predicted octanol–water partition coefficient (Wildman–Crippen LogP) is 4.61. The maximum atomic E-state index is 13.6. The summed E-state index contributed by atoms with van der Waals surface area (Å²) in [6, 6.07) is 12.1. The molecule has 0 bridgehead atoms. The third kappa shape index (κ3) is 3.81. The summed E-state index contributed by atoms with van der Waals surface area (Å²) in [6.45, 7) is 2.10. The molecular formula is C16H16BrFO2. The molecule has 20 heavy (non-hydrogen) atoms. The zero-order valence-corrected chi connectivity index (χ0v) is 12.7. The molecule has 0 radical (unpaired) electrons. The molecule has 0 aliphatic carbocycles. The Labute approximate surface area is 126 Å². The van der Waals surface area contributed by atoms with Crippen molar-refractivity contribution in [2.75, 3.05) is 0 Å². The van der Waals surface area contributed by atoms with E-state index < -0.39 is 6.10 Å². The first kappa shape index (κ1) is 15.0. The average Bonchev–Trinajstić information content (AvgIpc) is 2.46. The zero-order valence-electron chi connectivity index (χ0n) is 11.1. The molecule has 0 aliphatic rings. The summed E-state index contributed by atoms with van der Waals surface area (Å²) in [6.07, 6.45) is 0.220. The van der Waals surface area contributed by atoms with Gasteiger partial charge in [0.25, 0.3) is 0 Å². The lowest BCUT2D eigenvalue weighted by molar-refractivity contribution is 0.173. The number of ether oxygens (including phenoxy) is 1. The Kier molecular flexibility index (Phi) is 5.15. The maximum absolute atomic E-state index is 13.6. The van der Waals surface area contributed by atoms with Gasteiger partial charge in [-0.2, -0.15) is 0 Å². The largest absolute Gasteiger partial charge is 0.489 e. The minimum absolute atomic E-state index is 0.175. The monoisotopic (exact) mass is 338 g/mol. The number of hydrogen-bond donors (Lipinski definition) is 1. The van der Waals surface area contributed by atoms with Crippen molar-refractivity contribution in [1.29, 1.82) is 0 Å². The summed E-state index contributed by atoms with van der Waals surface area (Å²) >= 11 is 3.22. The minimum Gasteiger partial charge on any atom is -0.489 e. The Balaban J connectivity index is 2.00. The lowest BCUT2D eigenvalue weighted by Crippen LogP contribution is -1.99. The van der Waals surface area contributed by atoms with Gasteiger partial charge in [-0.05, 0) is 36.2 Å². The molecule has 0 spiro atoms. The summed E-state index contributed by atoms with van der Waals surface area (Å²) in [7, 11) is 0. The standard InChI is InChI=1S/C16H16BrFO2/c1-2-16(19)11-4-7-14(8-5-11)20-10-12-3-6-13(17)9-15(12)18/h3-9,16,19H,2,10H2,1H3/t16-/m1/s1. The number of aliphatic hydroxyl groups is 1. The highest BCUT2D eigenvalue weighted by atomic mass is 79.9. The first-order valence-electron chi connectivity index (χ1n) is 6.45. The van der Waals surface area contributed by atoms with E-state index in [0.29, 0.717) is 22.2 Å². The topological polar surface area (TPSA) is 29.5 Å². The second-order valence-corrected chi connectivity index (χ2v) is 5.43. The summed E-state index contributed by atoms with van der Waals surface area (Å²) in [5.41, 5.74) is 1.36. The second kappa shape index (κ2) is 6.86. The van der Waals surface area contributed by atoms with Gasteiger partial charge < -0.3 is 9.84 Å². The maximum Gasteiger partial charge on any atom is 0.130 e.